The van der Waals surface area contributed by atoms with Gasteiger partial charge in [-0.15, -0.1) is 0 Å². The molecule has 2 nitrogen and oxygen atoms in total. The van der Waals surface area contributed by atoms with Gasteiger partial charge in [-0.3, -0.25) is 0 Å². The standard InChI is InChI=1S/C18H21NO/c1-12-3-5-14(6-4-12)15-10-16(11-15)19-18-8-7-17(20)9-13(18)2/h3-9,15-16,19-20H,10-11H2,1-2H3. The lowest BCUT2D eigenvalue weighted by molar-refractivity contribution is 0.374. The molecule has 0 unspecified atom stereocenters. The summed E-state index contributed by atoms with van der Waals surface area (Å²) in [5, 5.41) is 13.0. The average molecular weight is 267 g/mol. The first-order valence-corrected chi connectivity index (χ1v) is 7.24. The molecule has 2 heteroatoms. The highest BCUT2D eigenvalue weighted by Gasteiger charge is 2.30. The monoisotopic (exact) mass is 267 g/mol. The SMILES string of the molecule is Cc1ccc(C2CC(Nc3ccc(O)cc3C)C2)cc1. The predicted octanol–water partition coefficient (Wildman–Crippen LogP) is 4.37. The zero-order valence-electron chi connectivity index (χ0n) is 12.1. The van der Waals surface area contributed by atoms with Crippen LogP contribution in [0.5, 0.6) is 5.75 Å². The van der Waals surface area contributed by atoms with Crippen LogP contribution >= 0.6 is 0 Å². The molecule has 0 atom stereocenters. The molecule has 3 rings (SSSR count). The Balaban J connectivity index is 1.59. The lowest BCUT2D eigenvalue weighted by Gasteiger charge is -2.37. The molecular weight excluding hydrogens is 246 g/mol. The van der Waals surface area contributed by atoms with E-state index in [4.69, 9.17) is 0 Å². The van der Waals surface area contributed by atoms with E-state index in [1.165, 1.54) is 24.0 Å². The molecule has 1 fully saturated rings. The molecular formula is C18H21NO. The summed E-state index contributed by atoms with van der Waals surface area (Å²) < 4.78 is 0. The third kappa shape index (κ3) is 2.64. The number of phenolic OH excluding ortho intramolecular Hbond substituents is 1. The van der Waals surface area contributed by atoms with E-state index in [0.717, 1.165) is 11.3 Å². The topological polar surface area (TPSA) is 32.3 Å². The Labute approximate surface area is 120 Å². The molecule has 0 aromatic heterocycles. The van der Waals surface area contributed by atoms with Crippen LogP contribution in [0, 0.1) is 13.8 Å². The van der Waals surface area contributed by atoms with Crippen molar-refractivity contribution in [3.05, 3.63) is 59.2 Å². The van der Waals surface area contributed by atoms with Crippen LogP contribution in [0.1, 0.15) is 35.4 Å². The fourth-order valence-electron chi connectivity index (χ4n) is 2.88. The molecule has 2 N–H and O–H groups in total. The lowest BCUT2D eigenvalue weighted by Crippen LogP contribution is -2.34. The molecule has 2 aromatic carbocycles. The van der Waals surface area contributed by atoms with Gasteiger partial charge in [0.05, 0.1) is 0 Å². The molecule has 0 amide bonds. The van der Waals surface area contributed by atoms with Crippen LogP contribution in [0.3, 0.4) is 0 Å². The van der Waals surface area contributed by atoms with Crippen molar-refractivity contribution in [2.45, 2.75) is 38.6 Å². The molecule has 1 saturated carbocycles. The number of hydrogen-bond donors (Lipinski definition) is 2. The summed E-state index contributed by atoms with van der Waals surface area (Å²) in [5.41, 5.74) is 5.01. The van der Waals surface area contributed by atoms with Gasteiger partial charge in [-0.05, 0) is 61.9 Å². The fraction of sp³-hybridized carbons (Fsp3) is 0.333. The van der Waals surface area contributed by atoms with E-state index >= 15 is 0 Å². The summed E-state index contributed by atoms with van der Waals surface area (Å²) in [7, 11) is 0. The van der Waals surface area contributed by atoms with Gasteiger partial charge in [0, 0.05) is 11.7 Å². The highest BCUT2D eigenvalue weighted by molar-refractivity contribution is 5.54. The predicted molar refractivity (Wildman–Crippen MR) is 83.4 cm³/mol. The number of nitrogens with one attached hydrogen (secondary N) is 1. The van der Waals surface area contributed by atoms with Crippen molar-refractivity contribution >= 4 is 5.69 Å². The maximum absolute atomic E-state index is 9.43. The van der Waals surface area contributed by atoms with Crippen molar-refractivity contribution < 1.29 is 5.11 Å². The minimum Gasteiger partial charge on any atom is -0.508 e. The van der Waals surface area contributed by atoms with Gasteiger partial charge in [-0.2, -0.15) is 0 Å². The maximum atomic E-state index is 9.43. The Morgan fingerprint density at radius 1 is 1.00 bits per heavy atom. The van der Waals surface area contributed by atoms with Crippen molar-refractivity contribution in [3.63, 3.8) is 0 Å². The van der Waals surface area contributed by atoms with Gasteiger partial charge in [0.15, 0.2) is 0 Å². The van der Waals surface area contributed by atoms with E-state index in [9.17, 15) is 5.11 Å². The van der Waals surface area contributed by atoms with Gasteiger partial charge in [-0.1, -0.05) is 29.8 Å². The van der Waals surface area contributed by atoms with Crippen molar-refractivity contribution in [2.75, 3.05) is 5.32 Å². The molecule has 0 aliphatic heterocycles. The van der Waals surface area contributed by atoms with Gasteiger partial charge in [-0.25, -0.2) is 0 Å². The third-order valence-electron chi connectivity index (χ3n) is 4.26. The summed E-state index contributed by atoms with van der Waals surface area (Å²) in [6, 6.07) is 14.9. The summed E-state index contributed by atoms with van der Waals surface area (Å²) in [6.07, 6.45) is 2.37. The van der Waals surface area contributed by atoms with Gasteiger partial charge in [0.2, 0.25) is 0 Å². The van der Waals surface area contributed by atoms with Crippen LogP contribution in [0.25, 0.3) is 0 Å². The van der Waals surface area contributed by atoms with E-state index in [1.807, 2.05) is 13.0 Å². The molecule has 0 saturated heterocycles. The summed E-state index contributed by atoms with van der Waals surface area (Å²) in [4.78, 5) is 0. The molecule has 104 valence electrons. The molecule has 0 spiro atoms. The van der Waals surface area contributed by atoms with Crippen molar-refractivity contribution in [3.8, 4) is 5.75 Å². The second kappa shape index (κ2) is 5.20. The molecule has 0 bridgehead atoms. The van der Waals surface area contributed by atoms with Gasteiger partial charge in [0.1, 0.15) is 5.75 Å². The molecule has 1 aliphatic rings. The smallest absolute Gasteiger partial charge is 0.115 e. The largest absolute Gasteiger partial charge is 0.508 e. The Morgan fingerprint density at radius 2 is 1.70 bits per heavy atom. The van der Waals surface area contributed by atoms with E-state index in [-0.39, 0.29) is 0 Å². The third-order valence-corrected chi connectivity index (χ3v) is 4.26. The second-order valence-corrected chi connectivity index (χ2v) is 5.92. The number of phenols is 1. The van der Waals surface area contributed by atoms with Crippen LogP contribution < -0.4 is 5.32 Å². The first-order chi connectivity index (χ1) is 9.61. The highest BCUT2D eigenvalue weighted by atomic mass is 16.3. The molecule has 1 aliphatic carbocycles. The number of anilines is 1. The van der Waals surface area contributed by atoms with E-state index < -0.39 is 0 Å². The Bertz CT molecular complexity index is 597. The van der Waals surface area contributed by atoms with Crippen molar-refractivity contribution in [2.24, 2.45) is 0 Å². The normalized spacial score (nSPS) is 21.3. The number of aromatic hydroxyl groups is 1. The number of aryl methyl sites for hydroxylation is 2. The number of benzene rings is 2. The van der Waals surface area contributed by atoms with Gasteiger partial charge >= 0.3 is 0 Å². The zero-order valence-corrected chi connectivity index (χ0v) is 12.1. The molecule has 2 aromatic rings. The first kappa shape index (κ1) is 13.0. The van der Waals surface area contributed by atoms with E-state index in [2.05, 4.69) is 36.5 Å². The van der Waals surface area contributed by atoms with Gasteiger partial charge < -0.3 is 10.4 Å². The maximum Gasteiger partial charge on any atom is 0.115 e. The first-order valence-electron chi connectivity index (χ1n) is 7.24. The van der Waals surface area contributed by atoms with E-state index in [1.54, 1.807) is 12.1 Å². The Kier molecular flexibility index (Phi) is 3.39. The Morgan fingerprint density at radius 3 is 2.35 bits per heavy atom. The van der Waals surface area contributed by atoms with Crippen molar-refractivity contribution in [1.29, 1.82) is 0 Å². The minimum atomic E-state index is 0.333. The fourth-order valence-corrected chi connectivity index (χ4v) is 2.88. The minimum absolute atomic E-state index is 0.333. The molecule has 0 heterocycles. The lowest BCUT2D eigenvalue weighted by atomic mass is 9.75. The van der Waals surface area contributed by atoms with Crippen LogP contribution in [-0.4, -0.2) is 11.1 Å². The second-order valence-electron chi connectivity index (χ2n) is 5.92. The van der Waals surface area contributed by atoms with Crippen LogP contribution in [-0.2, 0) is 0 Å². The zero-order chi connectivity index (χ0) is 14.1. The van der Waals surface area contributed by atoms with Gasteiger partial charge in [0.25, 0.3) is 0 Å². The number of hydrogen-bond acceptors (Lipinski definition) is 2. The highest BCUT2D eigenvalue weighted by Crippen LogP contribution is 2.39. The quantitative estimate of drug-likeness (QED) is 0.809. The summed E-state index contributed by atoms with van der Waals surface area (Å²) >= 11 is 0. The molecule has 0 radical (unpaired) electrons. The van der Waals surface area contributed by atoms with Crippen molar-refractivity contribution in [1.82, 2.24) is 0 Å². The van der Waals surface area contributed by atoms with Crippen LogP contribution in [0.2, 0.25) is 0 Å². The van der Waals surface area contributed by atoms with Crippen LogP contribution in [0.4, 0.5) is 5.69 Å². The Hall–Kier alpha value is -1.96. The van der Waals surface area contributed by atoms with E-state index in [0.29, 0.717) is 17.7 Å². The summed E-state index contributed by atoms with van der Waals surface area (Å²) in [5.74, 6) is 1.02. The number of rotatable bonds is 3. The molecule has 20 heavy (non-hydrogen) atoms. The van der Waals surface area contributed by atoms with Crippen LogP contribution in [0.15, 0.2) is 42.5 Å². The summed E-state index contributed by atoms with van der Waals surface area (Å²) in [6.45, 7) is 4.15. The average Bonchev–Trinajstić information content (AvgIpc) is 2.37.